The molecular formula is C15H14FN3O. The molecular weight excluding hydrogens is 257 g/mol. The van der Waals surface area contributed by atoms with Gasteiger partial charge in [0.2, 0.25) is 0 Å². The Labute approximate surface area is 115 Å². The zero-order valence-corrected chi connectivity index (χ0v) is 11.1. The molecule has 0 saturated carbocycles. The summed E-state index contributed by atoms with van der Waals surface area (Å²) < 4.78 is 18.2. The van der Waals surface area contributed by atoms with Gasteiger partial charge < -0.3 is 4.52 Å². The Morgan fingerprint density at radius 3 is 2.95 bits per heavy atom. The monoisotopic (exact) mass is 271 g/mol. The summed E-state index contributed by atoms with van der Waals surface area (Å²) in [6.07, 6.45) is 3.59. The van der Waals surface area contributed by atoms with Crippen molar-refractivity contribution in [2.45, 2.75) is 13.1 Å². The van der Waals surface area contributed by atoms with E-state index in [4.69, 9.17) is 4.52 Å². The van der Waals surface area contributed by atoms with Crippen LogP contribution in [0.5, 0.6) is 0 Å². The fourth-order valence-corrected chi connectivity index (χ4v) is 2.19. The number of pyridine rings is 1. The van der Waals surface area contributed by atoms with Crippen molar-refractivity contribution in [3.8, 4) is 0 Å². The van der Waals surface area contributed by atoms with Crippen LogP contribution in [0, 0.1) is 5.82 Å². The van der Waals surface area contributed by atoms with E-state index in [-0.39, 0.29) is 5.82 Å². The molecule has 0 saturated heterocycles. The summed E-state index contributed by atoms with van der Waals surface area (Å²) in [6, 6.07) is 8.42. The molecule has 5 heteroatoms. The highest BCUT2D eigenvalue weighted by Crippen LogP contribution is 2.20. The van der Waals surface area contributed by atoms with E-state index >= 15 is 0 Å². The van der Waals surface area contributed by atoms with Crippen molar-refractivity contribution >= 4 is 11.0 Å². The van der Waals surface area contributed by atoms with Gasteiger partial charge in [0.1, 0.15) is 11.5 Å². The minimum Gasteiger partial charge on any atom is -0.356 e. The van der Waals surface area contributed by atoms with E-state index in [1.807, 2.05) is 25.4 Å². The fourth-order valence-electron chi connectivity index (χ4n) is 2.19. The van der Waals surface area contributed by atoms with Crippen molar-refractivity contribution in [1.29, 1.82) is 0 Å². The SMILES string of the molecule is CN(Cc1cccnc1)Cc1noc2cc(F)ccc12. The fraction of sp³-hybridized carbons (Fsp3) is 0.200. The summed E-state index contributed by atoms with van der Waals surface area (Å²) in [5, 5.41) is 4.87. The predicted octanol–water partition coefficient (Wildman–Crippen LogP) is 2.99. The number of benzene rings is 1. The molecule has 20 heavy (non-hydrogen) atoms. The van der Waals surface area contributed by atoms with Crippen LogP contribution >= 0.6 is 0 Å². The van der Waals surface area contributed by atoms with Gasteiger partial charge in [-0.3, -0.25) is 9.88 Å². The Balaban J connectivity index is 1.76. The molecule has 0 radical (unpaired) electrons. The second-order valence-corrected chi connectivity index (χ2v) is 4.80. The molecule has 1 aromatic carbocycles. The Bertz CT molecular complexity index is 711. The topological polar surface area (TPSA) is 42.2 Å². The van der Waals surface area contributed by atoms with Crippen LogP contribution < -0.4 is 0 Å². The summed E-state index contributed by atoms with van der Waals surface area (Å²) in [7, 11) is 2.00. The zero-order valence-electron chi connectivity index (χ0n) is 11.1. The van der Waals surface area contributed by atoms with Crippen LogP contribution in [0.3, 0.4) is 0 Å². The standard InChI is InChI=1S/C15H14FN3O/c1-19(9-11-3-2-6-17-8-11)10-14-13-5-4-12(16)7-15(13)20-18-14/h2-8H,9-10H2,1H3. The molecule has 0 N–H and O–H groups in total. The van der Waals surface area contributed by atoms with E-state index in [2.05, 4.69) is 15.0 Å². The highest BCUT2D eigenvalue weighted by molar-refractivity contribution is 5.79. The quantitative estimate of drug-likeness (QED) is 0.731. The van der Waals surface area contributed by atoms with Crippen molar-refractivity contribution in [2.75, 3.05) is 7.05 Å². The summed E-state index contributed by atoms with van der Waals surface area (Å²) in [6.45, 7) is 1.40. The van der Waals surface area contributed by atoms with Crippen LogP contribution in [-0.4, -0.2) is 22.1 Å². The summed E-state index contributed by atoms with van der Waals surface area (Å²) in [5.74, 6) is -0.316. The summed E-state index contributed by atoms with van der Waals surface area (Å²) >= 11 is 0. The van der Waals surface area contributed by atoms with Gasteiger partial charge in [0, 0.05) is 36.9 Å². The van der Waals surface area contributed by atoms with Crippen LogP contribution in [0.4, 0.5) is 4.39 Å². The van der Waals surface area contributed by atoms with Gasteiger partial charge in [-0.25, -0.2) is 4.39 Å². The van der Waals surface area contributed by atoms with E-state index in [1.54, 1.807) is 12.3 Å². The van der Waals surface area contributed by atoms with Crippen molar-refractivity contribution < 1.29 is 8.91 Å². The van der Waals surface area contributed by atoms with Gasteiger partial charge in [0.25, 0.3) is 0 Å². The van der Waals surface area contributed by atoms with Crippen molar-refractivity contribution in [3.63, 3.8) is 0 Å². The Morgan fingerprint density at radius 1 is 1.25 bits per heavy atom. The van der Waals surface area contributed by atoms with Crippen molar-refractivity contribution in [1.82, 2.24) is 15.0 Å². The number of halogens is 1. The van der Waals surface area contributed by atoms with E-state index in [9.17, 15) is 4.39 Å². The summed E-state index contributed by atoms with van der Waals surface area (Å²) in [4.78, 5) is 6.20. The van der Waals surface area contributed by atoms with Crippen LogP contribution in [0.2, 0.25) is 0 Å². The van der Waals surface area contributed by atoms with Gasteiger partial charge in [-0.1, -0.05) is 11.2 Å². The minimum absolute atomic E-state index is 0.316. The maximum absolute atomic E-state index is 13.1. The highest BCUT2D eigenvalue weighted by Gasteiger charge is 2.11. The second-order valence-electron chi connectivity index (χ2n) is 4.80. The first-order chi connectivity index (χ1) is 9.72. The number of hydrogen-bond acceptors (Lipinski definition) is 4. The van der Waals surface area contributed by atoms with Crippen molar-refractivity contribution in [2.24, 2.45) is 0 Å². The molecule has 0 aliphatic heterocycles. The lowest BCUT2D eigenvalue weighted by Gasteiger charge is -2.14. The van der Waals surface area contributed by atoms with Gasteiger partial charge >= 0.3 is 0 Å². The molecule has 0 fully saturated rings. The Morgan fingerprint density at radius 2 is 2.15 bits per heavy atom. The third-order valence-corrected chi connectivity index (χ3v) is 3.10. The average Bonchev–Trinajstić information content (AvgIpc) is 2.82. The van der Waals surface area contributed by atoms with E-state index in [0.29, 0.717) is 12.1 Å². The van der Waals surface area contributed by atoms with E-state index in [0.717, 1.165) is 23.2 Å². The minimum atomic E-state index is -0.316. The Kier molecular flexibility index (Phi) is 3.43. The maximum Gasteiger partial charge on any atom is 0.170 e. The third-order valence-electron chi connectivity index (χ3n) is 3.10. The molecule has 3 rings (SSSR count). The maximum atomic E-state index is 13.1. The lowest BCUT2D eigenvalue weighted by molar-refractivity contribution is 0.306. The van der Waals surface area contributed by atoms with Crippen molar-refractivity contribution in [3.05, 3.63) is 59.8 Å². The number of hydrogen-bond donors (Lipinski definition) is 0. The molecule has 4 nitrogen and oxygen atoms in total. The largest absolute Gasteiger partial charge is 0.356 e. The van der Waals surface area contributed by atoms with Gasteiger partial charge in [0.05, 0.1) is 0 Å². The molecule has 102 valence electrons. The first-order valence-electron chi connectivity index (χ1n) is 6.33. The summed E-state index contributed by atoms with van der Waals surface area (Å²) in [5.41, 5.74) is 2.43. The number of aromatic nitrogens is 2. The molecule has 2 aromatic heterocycles. The third kappa shape index (κ3) is 2.67. The second kappa shape index (κ2) is 5.38. The predicted molar refractivity (Wildman–Crippen MR) is 73.4 cm³/mol. The molecule has 2 heterocycles. The molecule has 0 unspecified atom stereocenters. The Hall–Kier alpha value is -2.27. The molecule has 0 amide bonds. The lowest BCUT2D eigenvalue weighted by atomic mass is 10.2. The number of fused-ring (bicyclic) bond motifs is 1. The van der Waals surface area contributed by atoms with Gasteiger partial charge in [-0.05, 0) is 30.8 Å². The average molecular weight is 271 g/mol. The smallest absolute Gasteiger partial charge is 0.170 e. The molecule has 0 aliphatic carbocycles. The van der Waals surface area contributed by atoms with E-state index in [1.165, 1.54) is 12.1 Å². The van der Waals surface area contributed by atoms with E-state index < -0.39 is 0 Å². The molecule has 0 spiro atoms. The molecule has 0 bridgehead atoms. The normalized spacial score (nSPS) is 11.3. The lowest BCUT2D eigenvalue weighted by Crippen LogP contribution is -2.17. The molecule has 0 aliphatic rings. The van der Waals surface area contributed by atoms with Gasteiger partial charge in [-0.15, -0.1) is 0 Å². The first kappa shape index (κ1) is 12.7. The van der Waals surface area contributed by atoms with Crippen LogP contribution in [0.25, 0.3) is 11.0 Å². The highest BCUT2D eigenvalue weighted by atomic mass is 19.1. The first-order valence-corrected chi connectivity index (χ1v) is 6.33. The number of nitrogens with zero attached hydrogens (tertiary/aromatic N) is 3. The van der Waals surface area contributed by atoms with Crippen LogP contribution in [-0.2, 0) is 13.1 Å². The number of rotatable bonds is 4. The van der Waals surface area contributed by atoms with Gasteiger partial charge in [0.15, 0.2) is 5.58 Å². The molecule has 0 atom stereocenters. The molecule has 3 aromatic rings. The van der Waals surface area contributed by atoms with Crippen LogP contribution in [0.1, 0.15) is 11.3 Å². The zero-order chi connectivity index (χ0) is 13.9. The van der Waals surface area contributed by atoms with Crippen LogP contribution in [0.15, 0.2) is 47.2 Å². The van der Waals surface area contributed by atoms with Gasteiger partial charge in [-0.2, -0.15) is 0 Å².